The third-order valence-electron chi connectivity index (χ3n) is 4.14. The van der Waals surface area contributed by atoms with Crippen molar-refractivity contribution in [2.45, 2.75) is 52.1 Å². The molecule has 21 heavy (non-hydrogen) atoms. The van der Waals surface area contributed by atoms with E-state index in [1.54, 1.807) is 0 Å². The number of hydrogen-bond donors (Lipinski definition) is 1. The van der Waals surface area contributed by atoms with Crippen molar-refractivity contribution < 1.29 is 9.84 Å². The summed E-state index contributed by atoms with van der Waals surface area (Å²) in [6, 6.07) is 6.33. The molecule has 2 rings (SSSR count). The number of aryl methyl sites for hydroxylation is 1. The van der Waals surface area contributed by atoms with E-state index >= 15 is 0 Å². The Bertz CT molecular complexity index is 459. The average Bonchev–Trinajstić information content (AvgIpc) is 2.89. The molecule has 0 amide bonds. The Hall–Kier alpha value is -1.06. The highest BCUT2D eigenvalue weighted by atomic mass is 16.5. The van der Waals surface area contributed by atoms with Gasteiger partial charge in [-0.25, -0.2) is 0 Å². The van der Waals surface area contributed by atoms with Crippen LogP contribution in [-0.4, -0.2) is 42.4 Å². The molecule has 1 heterocycles. The van der Waals surface area contributed by atoms with E-state index in [2.05, 4.69) is 44.7 Å². The highest BCUT2D eigenvalue weighted by Crippen LogP contribution is 2.27. The molecular formula is C18H29NO2. The molecule has 0 bridgehead atoms. The summed E-state index contributed by atoms with van der Waals surface area (Å²) in [6.45, 7) is 12.0. The minimum absolute atomic E-state index is 0.151. The van der Waals surface area contributed by atoms with Crippen LogP contribution in [0, 0.1) is 6.92 Å². The molecule has 0 unspecified atom stereocenters. The molecule has 0 spiro atoms. The number of benzene rings is 1. The van der Waals surface area contributed by atoms with Crippen LogP contribution < -0.4 is 4.74 Å². The topological polar surface area (TPSA) is 32.7 Å². The number of likely N-dealkylation sites (tertiary alicyclic amines) is 1. The number of ether oxygens (including phenoxy) is 1. The zero-order valence-corrected chi connectivity index (χ0v) is 13.9. The van der Waals surface area contributed by atoms with Crippen LogP contribution in [0.25, 0.3) is 0 Å². The van der Waals surface area contributed by atoms with E-state index in [9.17, 15) is 5.11 Å². The zero-order chi connectivity index (χ0) is 15.5. The van der Waals surface area contributed by atoms with Gasteiger partial charge in [0, 0.05) is 6.54 Å². The van der Waals surface area contributed by atoms with Gasteiger partial charge >= 0.3 is 0 Å². The summed E-state index contributed by atoms with van der Waals surface area (Å²) in [7, 11) is 0. The number of aliphatic hydroxyl groups excluding tert-OH is 1. The van der Waals surface area contributed by atoms with Gasteiger partial charge in [-0.2, -0.15) is 0 Å². The predicted octanol–water partition coefficient (Wildman–Crippen LogP) is 3.13. The van der Waals surface area contributed by atoms with Gasteiger partial charge in [0.15, 0.2) is 0 Å². The van der Waals surface area contributed by atoms with E-state index in [0.29, 0.717) is 6.61 Å². The predicted molar refractivity (Wildman–Crippen MR) is 87.1 cm³/mol. The van der Waals surface area contributed by atoms with Crippen molar-refractivity contribution in [3.8, 4) is 5.75 Å². The molecule has 1 saturated heterocycles. The Morgan fingerprint density at radius 2 is 1.90 bits per heavy atom. The molecule has 1 aromatic rings. The molecule has 1 N–H and O–H groups in total. The van der Waals surface area contributed by atoms with Crippen LogP contribution in [0.1, 0.15) is 44.7 Å². The van der Waals surface area contributed by atoms with Gasteiger partial charge in [-0.3, -0.25) is 0 Å². The van der Waals surface area contributed by atoms with Gasteiger partial charge in [0.05, 0.1) is 0 Å². The lowest BCUT2D eigenvalue weighted by Gasteiger charge is -2.22. The molecule has 118 valence electrons. The normalized spacial score (nSPS) is 18.0. The van der Waals surface area contributed by atoms with Gasteiger partial charge in [-0.15, -0.1) is 0 Å². The van der Waals surface area contributed by atoms with Gasteiger partial charge in [0.1, 0.15) is 18.5 Å². The molecule has 1 fully saturated rings. The molecule has 1 aliphatic heterocycles. The van der Waals surface area contributed by atoms with Crippen LogP contribution in [0.2, 0.25) is 0 Å². The van der Waals surface area contributed by atoms with Crippen molar-refractivity contribution in [1.82, 2.24) is 4.90 Å². The Kier molecular flexibility index (Phi) is 5.28. The molecular weight excluding hydrogens is 262 g/mol. The van der Waals surface area contributed by atoms with Crippen molar-refractivity contribution in [3.63, 3.8) is 0 Å². The van der Waals surface area contributed by atoms with Crippen LogP contribution in [0.15, 0.2) is 18.2 Å². The first kappa shape index (κ1) is 16.3. The van der Waals surface area contributed by atoms with E-state index in [1.165, 1.54) is 18.4 Å². The van der Waals surface area contributed by atoms with E-state index < -0.39 is 6.10 Å². The fourth-order valence-corrected chi connectivity index (χ4v) is 2.78. The zero-order valence-electron chi connectivity index (χ0n) is 13.9. The quantitative estimate of drug-likeness (QED) is 0.904. The van der Waals surface area contributed by atoms with Crippen LogP contribution >= 0.6 is 0 Å². The van der Waals surface area contributed by atoms with Crippen molar-refractivity contribution >= 4 is 0 Å². The number of β-amino-alcohol motifs (C(OH)–C–C–N with tert-alkyl or cyclic N) is 1. The lowest BCUT2D eigenvalue weighted by molar-refractivity contribution is 0.0755. The maximum Gasteiger partial charge on any atom is 0.122 e. The van der Waals surface area contributed by atoms with Gasteiger partial charge in [0.25, 0.3) is 0 Å². The number of aliphatic hydroxyl groups is 1. The number of nitrogens with zero attached hydrogens (tertiary/aromatic N) is 1. The molecule has 3 heteroatoms. The fourth-order valence-electron chi connectivity index (χ4n) is 2.78. The van der Waals surface area contributed by atoms with E-state index in [-0.39, 0.29) is 5.41 Å². The van der Waals surface area contributed by atoms with E-state index in [4.69, 9.17) is 4.74 Å². The molecule has 0 aromatic heterocycles. The molecule has 0 radical (unpaired) electrons. The van der Waals surface area contributed by atoms with Crippen LogP contribution in [0.3, 0.4) is 0 Å². The highest BCUT2D eigenvalue weighted by Gasteiger charge is 2.17. The Morgan fingerprint density at radius 3 is 2.48 bits per heavy atom. The van der Waals surface area contributed by atoms with Crippen molar-refractivity contribution in [1.29, 1.82) is 0 Å². The first-order chi connectivity index (χ1) is 9.86. The van der Waals surface area contributed by atoms with Gasteiger partial charge in [-0.05, 0) is 55.5 Å². The molecule has 1 aromatic carbocycles. The minimum atomic E-state index is -0.412. The second-order valence-electron chi connectivity index (χ2n) is 7.20. The molecule has 1 atom stereocenters. The monoisotopic (exact) mass is 291 g/mol. The molecule has 1 aliphatic rings. The first-order valence-electron chi connectivity index (χ1n) is 8.00. The first-order valence-corrected chi connectivity index (χ1v) is 8.00. The second-order valence-corrected chi connectivity index (χ2v) is 7.20. The summed E-state index contributed by atoms with van der Waals surface area (Å²) in [5, 5.41) is 10.1. The second kappa shape index (κ2) is 6.80. The third kappa shape index (κ3) is 4.72. The number of rotatable bonds is 5. The maximum atomic E-state index is 10.1. The Morgan fingerprint density at radius 1 is 1.24 bits per heavy atom. The van der Waals surface area contributed by atoms with Crippen molar-refractivity contribution in [2.75, 3.05) is 26.2 Å². The minimum Gasteiger partial charge on any atom is -0.491 e. The fraction of sp³-hybridized carbons (Fsp3) is 0.667. The van der Waals surface area contributed by atoms with Crippen molar-refractivity contribution in [3.05, 3.63) is 29.3 Å². The van der Waals surface area contributed by atoms with Gasteiger partial charge in [0.2, 0.25) is 0 Å². The largest absolute Gasteiger partial charge is 0.491 e. The van der Waals surface area contributed by atoms with E-state index in [0.717, 1.165) is 30.9 Å². The van der Waals surface area contributed by atoms with Gasteiger partial charge in [-0.1, -0.05) is 32.9 Å². The van der Waals surface area contributed by atoms with Gasteiger partial charge < -0.3 is 14.7 Å². The van der Waals surface area contributed by atoms with E-state index in [1.807, 2.05) is 6.07 Å². The summed E-state index contributed by atoms with van der Waals surface area (Å²) < 4.78 is 5.80. The third-order valence-corrected chi connectivity index (χ3v) is 4.14. The Labute approximate surface area is 128 Å². The SMILES string of the molecule is Cc1cc(C(C)(C)C)ccc1OC[C@@H](O)CN1CCCC1. The van der Waals surface area contributed by atoms with Crippen LogP contribution in [0.5, 0.6) is 5.75 Å². The standard InChI is InChI=1S/C18H29NO2/c1-14-11-15(18(2,3)4)7-8-17(14)21-13-16(20)12-19-9-5-6-10-19/h7-8,11,16,20H,5-6,9-10,12-13H2,1-4H3/t16-/m0/s1. The smallest absolute Gasteiger partial charge is 0.122 e. The molecule has 3 nitrogen and oxygen atoms in total. The van der Waals surface area contributed by atoms with Crippen molar-refractivity contribution in [2.24, 2.45) is 0 Å². The molecule has 0 saturated carbocycles. The summed E-state index contributed by atoms with van der Waals surface area (Å²) in [5.41, 5.74) is 2.60. The summed E-state index contributed by atoms with van der Waals surface area (Å²) in [5.74, 6) is 0.878. The lowest BCUT2D eigenvalue weighted by atomic mass is 9.86. The summed E-state index contributed by atoms with van der Waals surface area (Å²) >= 11 is 0. The summed E-state index contributed by atoms with van der Waals surface area (Å²) in [4.78, 5) is 2.31. The van der Waals surface area contributed by atoms with Crippen LogP contribution in [0.4, 0.5) is 0 Å². The Balaban J connectivity index is 1.87. The number of hydrogen-bond acceptors (Lipinski definition) is 3. The highest BCUT2D eigenvalue weighted by molar-refractivity contribution is 5.38. The summed E-state index contributed by atoms with van der Waals surface area (Å²) in [6.07, 6.45) is 2.09. The lowest BCUT2D eigenvalue weighted by Crippen LogP contribution is -2.33. The maximum absolute atomic E-state index is 10.1. The molecule has 0 aliphatic carbocycles. The van der Waals surface area contributed by atoms with Crippen LogP contribution in [-0.2, 0) is 5.41 Å². The average molecular weight is 291 g/mol.